The number of nitrogens with zero attached hydrogens (tertiary/aromatic N) is 4. The molecule has 2 heterocycles. The third kappa shape index (κ3) is 2.48. The topological polar surface area (TPSA) is 77.2 Å². The highest BCUT2D eigenvalue weighted by Gasteiger charge is 2.12. The van der Waals surface area contributed by atoms with E-state index < -0.39 is 0 Å². The van der Waals surface area contributed by atoms with Crippen molar-refractivity contribution in [3.63, 3.8) is 0 Å². The Hall–Kier alpha value is -2.37. The van der Waals surface area contributed by atoms with Crippen LogP contribution in [-0.2, 0) is 6.54 Å². The molecule has 0 spiro atoms. The highest BCUT2D eigenvalue weighted by Crippen LogP contribution is 2.27. The number of hydrogen-bond acceptors (Lipinski definition) is 6. The maximum Gasteiger partial charge on any atom is 0.242 e. The van der Waals surface area contributed by atoms with Crippen molar-refractivity contribution in [3.8, 4) is 5.88 Å². The summed E-state index contributed by atoms with van der Waals surface area (Å²) in [6.07, 6.45) is 4.99. The van der Waals surface area contributed by atoms with Crippen molar-refractivity contribution in [1.29, 1.82) is 0 Å². The molecule has 2 aromatic rings. The largest absolute Gasteiger partial charge is 0.479 e. The number of anilines is 2. The van der Waals surface area contributed by atoms with Gasteiger partial charge in [0.05, 0.1) is 7.11 Å². The summed E-state index contributed by atoms with van der Waals surface area (Å²) in [6.45, 7) is 0.665. The number of ether oxygens (including phenoxy) is 1. The molecule has 0 saturated heterocycles. The van der Waals surface area contributed by atoms with Gasteiger partial charge in [-0.2, -0.15) is 4.98 Å². The Balaban J connectivity index is 2.21. The van der Waals surface area contributed by atoms with Crippen molar-refractivity contribution in [1.82, 2.24) is 15.0 Å². The normalized spacial score (nSPS) is 10.1. The smallest absolute Gasteiger partial charge is 0.242 e. The molecule has 2 aromatic heterocycles. The monoisotopic (exact) mass is 245 g/mol. The SMILES string of the molecule is COc1ncnc(N(C)Cc2cccnc2)c1N. The summed E-state index contributed by atoms with van der Waals surface area (Å²) in [5.41, 5.74) is 7.46. The molecule has 0 radical (unpaired) electrons. The van der Waals surface area contributed by atoms with E-state index in [-0.39, 0.29) is 0 Å². The van der Waals surface area contributed by atoms with E-state index in [2.05, 4.69) is 15.0 Å². The second-order valence-corrected chi connectivity index (χ2v) is 3.84. The first-order chi connectivity index (χ1) is 8.72. The summed E-state index contributed by atoms with van der Waals surface area (Å²) >= 11 is 0. The standard InChI is InChI=1S/C12H15N5O/c1-17(7-9-4-3-5-14-6-9)11-10(13)12(18-2)16-8-15-11/h3-6,8H,7,13H2,1-2H3. The highest BCUT2D eigenvalue weighted by molar-refractivity contribution is 5.67. The lowest BCUT2D eigenvalue weighted by molar-refractivity contribution is 0.399. The van der Waals surface area contributed by atoms with Crippen LogP contribution in [0.25, 0.3) is 0 Å². The predicted molar refractivity (Wildman–Crippen MR) is 69.3 cm³/mol. The third-order valence-corrected chi connectivity index (χ3v) is 2.52. The average molecular weight is 245 g/mol. The quantitative estimate of drug-likeness (QED) is 0.869. The van der Waals surface area contributed by atoms with Gasteiger partial charge in [0.25, 0.3) is 0 Å². The Morgan fingerprint density at radius 3 is 2.89 bits per heavy atom. The molecule has 6 nitrogen and oxygen atoms in total. The number of aromatic nitrogens is 3. The molecule has 0 aromatic carbocycles. The van der Waals surface area contributed by atoms with Gasteiger partial charge in [-0.15, -0.1) is 0 Å². The first-order valence-electron chi connectivity index (χ1n) is 5.47. The number of hydrogen-bond donors (Lipinski definition) is 1. The summed E-state index contributed by atoms with van der Waals surface area (Å²) in [6, 6.07) is 3.89. The van der Waals surface area contributed by atoms with Crippen molar-refractivity contribution in [2.45, 2.75) is 6.54 Å². The van der Waals surface area contributed by atoms with Gasteiger partial charge >= 0.3 is 0 Å². The maximum atomic E-state index is 5.94. The van der Waals surface area contributed by atoms with E-state index in [0.717, 1.165) is 5.56 Å². The van der Waals surface area contributed by atoms with Crippen LogP contribution < -0.4 is 15.4 Å². The van der Waals surface area contributed by atoms with E-state index in [1.54, 1.807) is 6.20 Å². The van der Waals surface area contributed by atoms with Crippen LogP contribution in [0.5, 0.6) is 5.88 Å². The summed E-state index contributed by atoms with van der Waals surface area (Å²) in [4.78, 5) is 14.1. The van der Waals surface area contributed by atoms with Crippen LogP contribution in [0.3, 0.4) is 0 Å². The van der Waals surface area contributed by atoms with Gasteiger partial charge in [-0.1, -0.05) is 6.07 Å². The molecular formula is C12H15N5O. The molecule has 0 amide bonds. The van der Waals surface area contributed by atoms with E-state index in [1.807, 2.05) is 30.3 Å². The molecule has 0 bridgehead atoms. The Bertz CT molecular complexity index is 517. The summed E-state index contributed by atoms with van der Waals surface area (Å²) in [5.74, 6) is 1.03. The van der Waals surface area contributed by atoms with Crippen molar-refractivity contribution >= 4 is 11.5 Å². The molecule has 0 saturated carbocycles. The molecule has 18 heavy (non-hydrogen) atoms. The highest BCUT2D eigenvalue weighted by atomic mass is 16.5. The van der Waals surface area contributed by atoms with Crippen molar-refractivity contribution in [2.24, 2.45) is 0 Å². The third-order valence-electron chi connectivity index (χ3n) is 2.52. The van der Waals surface area contributed by atoms with Gasteiger partial charge in [-0.3, -0.25) is 4.98 Å². The van der Waals surface area contributed by atoms with Gasteiger partial charge in [-0.25, -0.2) is 4.98 Å². The maximum absolute atomic E-state index is 5.94. The van der Waals surface area contributed by atoms with E-state index in [4.69, 9.17) is 10.5 Å². The Labute approximate surface area is 105 Å². The van der Waals surface area contributed by atoms with Gasteiger partial charge in [-0.05, 0) is 11.6 Å². The Morgan fingerprint density at radius 1 is 1.39 bits per heavy atom. The molecule has 0 aliphatic rings. The average Bonchev–Trinajstić information content (AvgIpc) is 2.40. The summed E-state index contributed by atoms with van der Waals surface area (Å²) < 4.78 is 5.07. The van der Waals surface area contributed by atoms with Gasteiger partial charge < -0.3 is 15.4 Å². The molecule has 0 atom stereocenters. The lowest BCUT2D eigenvalue weighted by Crippen LogP contribution is -2.19. The van der Waals surface area contributed by atoms with E-state index >= 15 is 0 Å². The van der Waals surface area contributed by atoms with Crippen LogP contribution >= 0.6 is 0 Å². The van der Waals surface area contributed by atoms with Crippen LogP contribution in [0, 0.1) is 0 Å². The van der Waals surface area contributed by atoms with Crippen LogP contribution in [-0.4, -0.2) is 29.1 Å². The molecule has 0 aliphatic carbocycles. The lowest BCUT2D eigenvalue weighted by atomic mass is 10.2. The van der Waals surface area contributed by atoms with E-state index in [9.17, 15) is 0 Å². The minimum Gasteiger partial charge on any atom is -0.479 e. The first-order valence-corrected chi connectivity index (χ1v) is 5.47. The van der Waals surface area contributed by atoms with Gasteiger partial charge in [0.1, 0.15) is 12.0 Å². The summed E-state index contributed by atoms with van der Waals surface area (Å²) in [5, 5.41) is 0. The van der Waals surface area contributed by atoms with Gasteiger partial charge in [0.15, 0.2) is 5.82 Å². The van der Waals surface area contributed by atoms with Crippen LogP contribution in [0.2, 0.25) is 0 Å². The summed E-state index contributed by atoms with van der Waals surface area (Å²) in [7, 11) is 3.44. The Kier molecular flexibility index (Phi) is 3.57. The molecule has 0 aliphatic heterocycles. The van der Waals surface area contributed by atoms with Gasteiger partial charge in [0, 0.05) is 26.0 Å². The predicted octanol–water partition coefficient (Wildman–Crippen LogP) is 1.10. The minimum atomic E-state index is 0.387. The molecular weight excluding hydrogens is 230 g/mol. The van der Waals surface area contributed by atoms with E-state index in [0.29, 0.717) is 23.9 Å². The molecule has 0 fully saturated rings. The fourth-order valence-electron chi connectivity index (χ4n) is 1.68. The molecule has 2 N–H and O–H groups in total. The Morgan fingerprint density at radius 2 is 2.22 bits per heavy atom. The molecule has 94 valence electrons. The van der Waals surface area contributed by atoms with Crippen LogP contribution in [0.4, 0.5) is 11.5 Å². The first kappa shape index (κ1) is 12.1. The fraction of sp³-hybridized carbons (Fsp3) is 0.250. The lowest BCUT2D eigenvalue weighted by Gasteiger charge is -2.20. The molecule has 2 rings (SSSR count). The van der Waals surface area contributed by atoms with Gasteiger partial charge in [0.2, 0.25) is 5.88 Å². The minimum absolute atomic E-state index is 0.387. The zero-order valence-electron chi connectivity index (χ0n) is 10.4. The zero-order valence-corrected chi connectivity index (χ0v) is 10.4. The molecule has 6 heteroatoms. The number of pyridine rings is 1. The van der Waals surface area contributed by atoms with Crippen molar-refractivity contribution < 1.29 is 4.74 Å². The van der Waals surface area contributed by atoms with E-state index in [1.165, 1.54) is 13.4 Å². The second kappa shape index (κ2) is 5.31. The molecule has 0 unspecified atom stereocenters. The number of nitrogen functional groups attached to an aromatic ring is 1. The van der Waals surface area contributed by atoms with Crippen LogP contribution in [0.15, 0.2) is 30.9 Å². The zero-order chi connectivity index (χ0) is 13.0. The number of nitrogens with two attached hydrogens (primary N) is 1. The number of methoxy groups -OCH3 is 1. The van der Waals surface area contributed by atoms with Crippen molar-refractivity contribution in [3.05, 3.63) is 36.4 Å². The van der Waals surface area contributed by atoms with Crippen LogP contribution in [0.1, 0.15) is 5.56 Å². The second-order valence-electron chi connectivity index (χ2n) is 3.84. The number of rotatable bonds is 4. The van der Waals surface area contributed by atoms with Crippen molar-refractivity contribution in [2.75, 3.05) is 24.8 Å². The fourth-order valence-corrected chi connectivity index (χ4v) is 1.68.